The summed E-state index contributed by atoms with van der Waals surface area (Å²) in [6.45, 7) is 2.82. The van der Waals surface area contributed by atoms with Gasteiger partial charge in [-0.3, -0.25) is 4.79 Å². The molecule has 1 heterocycles. The number of rotatable bonds is 4. The van der Waals surface area contributed by atoms with Gasteiger partial charge in [-0.25, -0.2) is 8.42 Å². The Hall–Kier alpha value is -0.620. The summed E-state index contributed by atoms with van der Waals surface area (Å²) in [5.41, 5.74) is 0. The molecule has 5 nitrogen and oxygen atoms in total. The number of hydrogen-bond acceptors (Lipinski definition) is 4. The Kier molecular flexibility index (Phi) is 3.73. The second-order valence-corrected chi connectivity index (χ2v) is 7.24. The van der Waals surface area contributed by atoms with E-state index in [0.717, 1.165) is 0 Å². The van der Waals surface area contributed by atoms with E-state index >= 15 is 0 Å². The molecule has 0 radical (unpaired) electrons. The highest BCUT2D eigenvalue weighted by Gasteiger charge is 2.31. The van der Waals surface area contributed by atoms with E-state index in [1.165, 1.54) is 12.8 Å². The predicted molar refractivity (Wildman–Crippen MR) is 63.4 cm³/mol. The fourth-order valence-corrected chi connectivity index (χ4v) is 3.61. The number of nitrogens with zero attached hydrogens (tertiary/aromatic N) is 1. The lowest BCUT2D eigenvalue weighted by Gasteiger charge is -2.33. The molecule has 1 atom stereocenters. The standard InChI is InChI=1S/C11H19NO4S/c1-9-8-17(14,15)5-4-12(9)11(13)7-16-6-10-2-3-10/h9-10H,2-8H2,1H3/t9-/m1/s1. The van der Waals surface area contributed by atoms with Crippen molar-refractivity contribution in [2.24, 2.45) is 5.92 Å². The van der Waals surface area contributed by atoms with Crippen LogP contribution in [0.1, 0.15) is 19.8 Å². The quantitative estimate of drug-likeness (QED) is 0.718. The molecule has 0 bridgehead atoms. The summed E-state index contributed by atoms with van der Waals surface area (Å²) in [5, 5.41) is 0. The summed E-state index contributed by atoms with van der Waals surface area (Å²) < 4.78 is 28.1. The van der Waals surface area contributed by atoms with Crippen LogP contribution < -0.4 is 0 Å². The number of amides is 1. The van der Waals surface area contributed by atoms with E-state index in [4.69, 9.17) is 4.74 Å². The summed E-state index contributed by atoms with van der Waals surface area (Å²) in [5.74, 6) is 0.697. The average Bonchev–Trinajstić information content (AvgIpc) is 2.99. The molecule has 2 rings (SSSR count). The van der Waals surface area contributed by atoms with Crippen molar-refractivity contribution in [3.63, 3.8) is 0 Å². The van der Waals surface area contributed by atoms with Gasteiger partial charge in [0.1, 0.15) is 6.61 Å². The molecule has 17 heavy (non-hydrogen) atoms. The van der Waals surface area contributed by atoms with Gasteiger partial charge in [-0.05, 0) is 25.7 Å². The van der Waals surface area contributed by atoms with Gasteiger partial charge in [-0.2, -0.15) is 0 Å². The van der Waals surface area contributed by atoms with E-state index in [-0.39, 0.29) is 30.1 Å². The Morgan fingerprint density at radius 2 is 2.12 bits per heavy atom. The summed E-state index contributed by atoms with van der Waals surface area (Å²) in [4.78, 5) is 13.4. The van der Waals surface area contributed by atoms with Gasteiger partial charge in [0, 0.05) is 12.6 Å². The van der Waals surface area contributed by atoms with Crippen molar-refractivity contribution in [3.8, 4) is 0 Å². The molecule has 98 valence electrons. The zero-order chi connectivity index (χ0) is 12.5. The molecule has 2 aliphatic rings. The normalized spacial score (nSPS) is 28.1. The Labute approximate surface area is 102 Å². The summed E-state index contributed by atoms with van der Waals surface area (Å²) in [6.07, 6.45) is 2.40. The number of hydrogen-bond donors (Lipinski definition) is 0. The Bertz CT molecular complexity index is 388. The van der Waals surface area contributed by atoms with Gasteiger partial charge in [0.15, 0.2) is 9.84 Å². The maximum absolute atomic E-state index is 11.8. The first-order valence-electron chi connectivity index (χ1n) is 6.05. The molecule has 2 fully saturated rings. The minimum atomic E-state index is -2.96. The third-order valence-electron chi connectivity index (χ3n) is 3.27. The highest BCUT2D eigenvalue weighted by atomic mass is 32.2. The topological polar surface area (TPSA) is 63.7 Å². The highest BCUT2D eigenvalue weighted by Crippen LogP contribution is 2.28. The van der Waals surface area contributed by atoms with Crippen molar-refractivity contribution in [2.45, 2.75) is 25.8 Å². The molecule has 1 amide bonds. The van der Waals surface area contributed by atoms with Crippen molar-refractivity contribution >= 4 is 15.7 Å². The van der Waals surface area contributed by atoms with Crippen molar-refractivity contribution in [1.82, 2.24) is 4.90 Å². The summed E-state index contributed by atoms with van der Waals surface area (Å²) >= 11 is 0. The van der Waals surface area contributed by atoms with Crippen molar-refractivity contribution in [1.29, 1.82) is 0 Å². The molecular weight excluding hydrogens is 242 g/mol. The average molecular weight is 261 g/mol. The zero-order valence-corrected chi connectivity index (χ0v) is 10.9. The van der Waals surface area contributed by atoms with Crippen molar-refractivity contribution in [3.05, 3.63) is 0 Å². The molecule has 0 aromatic rings. The largest absolute Gasteiger partial charge is 0.371 e. The SMILES string of the molecule is C[C@@H]1CS(=O)(=O)CCN1C(=O)COCC1CC1. The van der Waals surface area contributed by atoms with Crippen molar-refractivity contribution < 1.29 is 17.9 Å². The lowest BCUT2D eigenvalue weighted by atomic mass is 10.3. The van der Waals surface area contributed by atoms with E-state index in [1.54, 1.807) is 11.8 Å². The van der Waals surface area contributed by atoms with Gasteiger partial charge in [-0.1, -0.05) is 0 Å². The number of ether oxygens (including phenoxy) is 1. The second-order valence-electron chi connectivity index (χ2n) is 5.01. The molecule has 0 aromatic carbocycles. The van der Waals surface area contributed by atoms with Gasteiger partial charge in [-0.15, -0.1) is 0 Å². The molecule has 0 spiro atoms. The Morgan fingerprint density at radius 1 is 1.41 bits per heavy atom. The van der Waals surface area contributed by atoms with E-state index in [0.29, 0.717) is 19.1 Å². The first-order valence-corrected chi connectivity index (χ1v) is 7.88. The van der Waals surface area contributed by atoms with Crippen LogP contribution in [-0.4, -0.2) is 56.5 Å². The van der Waals surface area contributed by atoms with Crippen LogP contribution in [0.5, 0.6) is 0 Å². The highest BCUT2D eigenvalue weighted by molar-refractivity contribution is 7.91. The predicted octanol–water partition coefficient (Wildman–Crippen LogP) is 0.0585. The number of sulfone groups is 1. The van der Waals surface area contributed by atoms with Crippen LogP contribution >= 0.6 is 0 Å². The first kappa shape index (κ1) is 12.8. The van der Waals surface area contributed by atoms with Gasteiger partial charge < -0.3 is 9.64 Å². The van der Waals surface area contributed by atoms with Crippen LogP contribution in [0.4, 0.5) is 0 Å². The van der Waals surface area contributed by atoms with Crippen LogP contribution in [0.25, 0.3) is 0 Å². The molecule has 1 saturated heterocycles. The van der Waals surface area contributed by atoms with Crippen LogP contribution in [0.2, 0.25) is 0 Å². The molecule has 0 N–H and O–H groups in total. The number of carbonyl (C=O) groups is 1. The fraction of sp³-hybridized carbons (Fsp3) is 0.909. The Morgan fingerprint density at radius 3 is 2.71 bits per heavy atom. The minimum Gasteiger partial charge on any atom is -0.371 e. The van der Waals surface area contributed by atoms with E-state index in [9.17, 15) is 13.2 Å². The van der Waals surface area contributed by atoms with Gasteiger partial charge in [0.25, 0.3) is 0 Å². The molecule has 0 unspecified atom stereocenters. The Balaban J connectivity index is 1.78. The van der Waals surface area contributed by atoms with E-state index < -0.39 is 9.84 Å². The van der Waals surface area contributed by atoms with Crippen LogP contribution in [0, 0.1) is 5.92 Å². The summed E-state index contributed by atoms with van der Waals surface area (Å²) in [7, 11) is -2.96. The number of carbonyl (C=O) groups excluding carboxylic acids is 1. The van der Waals surface area contributed by atoms with Gasteiger partial charge >= 0.3 is 0 Å². The van der Waals surface area contributed by atoms with Gasteiger partial charge in [0.2, 0.25) is 5.91 Å². The van der Waals surface area contributed by atoms with Crippen LogP contribution in [0.3, 0.4) is 0 Å². The molecule has 1 aliphatic carbocycles. The van der Waals surface area contributed by atoms with E-state index in [1.807, 2.05) is 0 Å². The maximum Gasteiger partial charge on any atom is 0.248 e. The van der Waals surface area contributed by atoms with Crippen molar-refractivity contribution in [2.75, 3.05) is 31.3 Å². The zero-order valence-electron chi connectivity index (χ0n) is 10.1. The molecule has 1 aliphatic heterocycles. The van der Waals surface area contributed by atoms with Crippen LogP contribution in [0.15, 0.2) is 0 Å². The molecule has 0 aromatic heterocycles. The lowest BCUT2D eigenvalue weighted by Crippen LogP contribution is -2.50. The third-order valence-corrected chi connectivity index (χ3v) is 5.06. The molecule has 6 heteroatoms. The lowest BCUT2D eigenvalue weighted by molar-refractivity contribution is -0.137. The van der Waals surface area contributed by atoms with Crippen LogP contribution in [-0.2, 0) is 19.4 Å². The first-order chi connectivity index (χ1) is 7.98. The molecule has 1 saturated carbocycles. The smallest absolute Gasteiger partial charge is 0.248 e. The van der Waals surface area contributed by atoms with Gasteiger partial charge in [0.05, 0.1) is 18.1 Å². The fourth-order valence-electron chi connectivity index (χ4n) is 2.05. The van der Waals surface area contributed by atoms with E-state index in [2.05, 4.69) is 0 Å². The minimum absolute atomic E-state index is 0.0708. The second kappa shape index (κ2) is 4.94. The summed E-state index contributed by atoms with van der Waals surface area (Å²) in [6, 6.07) is -0.231. The third kappa shape index (κ3) is 3.67. The maximum atomic E-state index is 11.8. The molecular formula is C11H19NO4S. The monoisotopic (exact) mass is 261 g/mol.